The van der Waals surface area contributed by atoms with E-state index in [0.717, 1.165) is 42.0 Å². The van der Waals surface area contributed by atoms with E-state index in [2.05, 4.69) is 9.88 Å². The summed E-state index contributed by atoms with van der Waals surface area (Å²) in [6.45, 7) is 1.39. The molecule has 8 heteroatoms. The molecular formula is C21H24N4O3S. The first-order valence-electron chi connectivity index (χ1n) is 9.73. The molecule has 0 radical (unpaired) electrons. The number of benzene rings is 1. The van der Waals surface area contributed by atoms with Gasteiger partial charge in [0.05, 0.1) is 19.2 Å². The fourth-order valence-electron chi connectivity index (χ4n) is 3.88. The minimum atomic E-state index is -0.291. The molecule has 1 atom stereocenters. The molecule has 1 fully saturated rings. The van der Waals surface area contributed by atoms with Gasteiger partial charge in [-0.25, -0.2) is 4.98 Å². The van der Waals surface area contributed by atoms with Gasteiger partial charge in [0.15, 0.2) is 0 Å². The minimum absolute atomic E-state index is 0.111. The molecule has 2 aromatic heterocycles. The summed E-state index contributed by atoms with van der Waals surface area (Å²) in [5.41, 5.74) is 7.00. The second-order valence-electron chi connectivity index (χ2n) is 7.36. The van der Waals surface area contributed by atoms with Gasteiger partial charge in [-0.1, -0.05) is 6.42 Å². The Labute approximate surface area is 172 Å². The van der Waals surface area contributed by atoms with Gasteiger partial charge in [-0.3, -0.25) is 14.5 Å². The Morgan fingerprint density at radius 3 is 2.86 bits per heavy atom. The van der Waals surface area contributed by atoms with Crippen molar-refractivity contribution in [1.29, 1.82) is 0 Å². The lowest BCUT2D eigenvalue weighted by Crippen LogP contribution is -2.41. The topological polar surface area (TPSA) is 101 Å². The molecule has 4 rings (SSSR count). The molecule has 7 nitrogen and oxygen atoms in total. The number of aromatic nitrogens is 2. The van der Waals surface area contributed by atoms with Gasteiger partial charge in [-0.15, -0.1) is 11.3 Å². The Kier molecular flexibility index (Phi) is 5.64. The van der Waals surface area contributed by atoms with Crippen LogP contribution in [0.25, 0.3) is 20.7 Å². The van der Waals surface area contributed by atoms with Crippen LogP contribution in [0.3, 0.4) is 0 Å². The smallest absolute Gasteiger partial charge is 0.268 e. The summed E-state index contributed by atoms with van der Waals surface area (Å²) < 4.78 is 5.82. The third-order valence-electron chi connectivity index (χ3n) is 5.35. The number of amides is 1. The largest absolute Gasteiger partial charge is 0.497 e. The Bertz CT molecular complexity index is 1070. The first kappa shape index (κ1) is 19.6. The monoisotopic (exact) mass is 412 g/mol. The van der Waals surface area contributed by atoms with Crippen LogP contribution in [0.5, 0.6) is 5.75 Å². The van der Waals surface area contributed by atoms with Crippen molar-refractivity contribution in [3.63, 3.8) is 0 Å². The number of fused-ring (bicyclic) bond motifs is 1. The van der Waals surface area contributed by atoms with Crippen LogP contribution in [0, 0.1) is 0 Å². The van der Waals surface area contributed by atoms with Crippen LogP contribution in [0.15, 0.2) is 35.1 Å². The molecule has 1 aliphatic heterocycles. The van der Waals surface area contributed by atoms with Gasteiger partial charge in [0.1, 0.15) is 16.3 Å². The number of rotatable bonds is 6. The number of likely N-dealkylation sites (tertiary alicyclic amines) is 1. The van der Waals surface area contributed by atoms with Gasteiger partial charge in [0.2, 0.25) is 5.91 Å². The Hall–Kier alpha value is -2.71. The summed E-state index contributed by atoms with van der Waals surface area (Å²) in [4.78, 5) is 34.8. The molecule has 3 heterocycles. The normalized spacial score (nSPS) is 17.5. The van der Waals surface area contributed by atoms with Gasteiger partial charge >= 0.3 is 0 Å². The number of primary amides is 1. The number of hydrogen-bond donors (Lipinski definition) is 2. The number of nitrogens with zero attached hydrogens (tertiary/aromatic N) is 2. The zero-order valence-corrected chi connectivity index (χ0v) is 17.1. The number of carbonyl (C=O) groups is 1. The van der Waals surface area contributed by atoms with Crippen LogP contribution >= 0.6 is 11.3 Å². The molecule has 152 valence electrons. The Balaban J connectivity index is 1.61. The number of thiophene rings is 1. The van der Waals surface area contributed by atoms with Crippen LogP contribution in [-0.2, 0) is 11.3 Å². The van der Waals surface area contributed by atoms with E-state index < -0.39 is 0 Å². The highest BCUT2D eigenvalue weighted by molar-refractivity contribution is 7.22. The van der Waals surface area contributed by atoms with E-state index >= 15 is 0 Å². The van der Waals surface area contributed by atoms with Crippen molar-refractivity contribution >= 4 is 27.5 Å². The average molecular weight is 413 g/mol. The highest BCUT2D eigenvalue weighted by atomic mass is 32.1. The second-order valence-corrected chi connectivity index (χ2v) is 8.41. The van der Waals surface area contributed by atoms with E-state index in [0.29, 0.717) is 29.0 Å². The average Bonchev–Trinajstić information content (AvgIpc) is 3.14. The number of ether oxygens (including phenoxy) is 1. The number of carbonyl (C=O) groups excluding carboxylic acids is 1. The van der Waals surface area contributed by atoms with Gasteiger partial charge in [0, 0.05) is 17.3 Å². The van der Waals surface area contributed by atoms with Crippen LogP contribution in [0.4, 0.5) is 0 Å². The zero-order valence-electron chi connectivity index (χ0n) is 16.3. The molecule has 1 aromatic carbocycles. The number of H-pyrrole nitrogens is 1. The van der Waals surface area contributed by atoms with Crippen LogP contribution < -0.4 is 16.0 Å². The number of piperidine rings is 1. The summed E-state index contributed by atoms with van der Waals surface area (Å²) >= 11 is 1.43. The van der Waals surface area contributed by atoms with Crippen molar-refractivity contribution in [2.45, 2.75) is 38.3 Å². The maximum absolute atomic E-state index is 12.6. The summed E-state index contributed by atoms with van der Waals surface area (Å²) in [6.07, 6.45) is 3.44. The molecule has 0 bridgehead atoms. The quantitative estimate of drug-likeness (QED) is 0.648. The fraction of sp³-hybridized carbons (Fsp3) is 0.381. The maximum atomic E-state index is 12.6. The zero-order chi connectivity index (χ0) is 20.4. The van der Waals surface area contributed by atoms with E-state index in [9.17, 15) is 9.59 Å². The molecule has 1 amide bonds. The molecule has 1 saturated heterocycles. The number of nitrogens with one attached hydrogen (secondary N) is 1. The number of hydrogen-bond acceptors (Lipinski definition) is 6. The minimum Gasteiger partial charge on any atom is -0.497 e. The molecule has 1 unspecified atom stereocenters. The highest BCUT2D eigenvalue weighted by Crippen LogP contribution is 2.32. The molecule has 3 N–H and O–H groups in total. The predicted molar refractivity (Wildman–Crippen MR) is 114 cm³/mol. The Morgan fingerprint density at radius 2 is 2.14 bits per heavy atom. The number of nitrogens with two attached hydrogens (primary N) is 1. The van der Waals surface area contributed by atoms with Crippen molar-refractivity contribution in [3.05, 3.63) is 46.5 Å². The predicted octanol–water partition coefficient (Wildman–Crippen LogP) is 2.89. The number of methoxy groups -OCH3 is 1. The van der Waals surface area contributed by atoms with E-state index in [-0.39, 0.29) is 17.5 Å². The van der Waals surface area contributed by atoms with E-state index in [1.807, 2.05) is 30.3 Å². The first-order valence-corrected chi connectivity index (χ1v) is 10.5. The molecule has 0 spiro atoms. The van der Waals surface area contributed by atoms with Crippen molar-refractivity contribution in [3.8, 4) is 16.2 Å². The van der Waals surface area contributed by atoms with Crippen LogP contribution in [0.1, 0.15) is 31.5 Å². The van der Waals surface area contributed by atoms with Crippen molar-refractivity contribution in [1.82, 2.24) is 14.9 Å². The van der Waals surface area contributed by atoms with Gasteiger partial charge in [0.25, 0.3) is 5.56 Å². The molecular weight excluding hydrogens is 388 g/mol. The molecule has 1 aliphatic rings. The van der Waals surface area contributed by atoms with Crippen molar-refractivity contribution in [2.24, 2.45) is 5.73 Å². The lowest BCUT2D eigenvalue weighted by molar-refractivity contribution is -0.119. The van der Waals surface area contributed by atoms with Gasteiger partial charge < -0.3 is 15.5 Å². The summed E-state index contributed by atoms with van der Waals surface area (Å²) in [7, 11) is 1.63. The van der Waals surface area contributed by atoms with Gasteiger partial charge in [-0.2, -0.15) is 0 Å². The Morgan fingerprint density at radius 1 is 1.34 bits per heavy atom. The van der Waals surface area contributed by atoms with E-state index in [1.54, 1.807) is 7.11 Å². The lowest BCUT2D eigenvalue weighted by atomic mass is 9.99. The summed E-state index contributed by atoms with van der Waals surface area (Å²) in [5.74, 6) is 1.12. The second kappa shape index (κ2) is 8.34. The first-order chi connectivity index (χ1) is 14.0. The fourth-order valence-corrected chi connectivity index (χ4v) is 4.88. The SMILES string of the molecule is COc1ccc(-c2cc3nc(CN4CCCCC4CC(N)=O)[nH]c(=O)c3s2)cc1. The lowest BCUT2D eigenvalue weighted by Gasteiger charge is -2.34. The van der Waals surface area contributed by atoms with Gasteiger partial charge in [-0.05, 0) is 55.3 Å². The standard InChI is InChI=1S/C21H24N4O3S/c1-28-15-7-5-13(6-8-15)17-11-16-20(29-17)21(27)24-19(23-16)12-25-9-3-2-4-14(25)10-18(22)26/h5-8,11,14H,2-4,9-10,12H2,1H3,(H2,22,26)(H,23,24,27). The molecule has 3 aromatic rings. The third-order valence-corrected chi connectivity index (χ3v) is 6.52. The summed E-state index contributed by atoms with van der Waals surface area (Å²) in [6, 6.07) is 9.81. The number of aromatic amines is 1. The van der Waals surface area contributed by atoms with E-state index in [4.69, 9.17) is 15.5 Å². The summed E-state index contributed by atoms with van der Waals surface area (Å²) in [5, 5.41) is 0. The van der Waals surface area contributed by atoms with Crippen LogP contribution in [0.2, 0.25) is 0 Å². The molecule has 29 heavy (non-hydrogen) atoms. The highest BCUT2D eigenvalue weighted by Gasteiger charge is 2.25. The van der Waals surface area contributed by atoms with E-state index in [1.165, 1.54) is 11.3 Å². The third kappa shape index (κ3) is 4.33. The maximum Gasteiger partial charge on any atom is 0.268 e. The van der Waals surface area contributed by atoms with Crippen LogP contribution in [-0.4, -0.2) is 40.5 Å². The van der Waals surface area contributed by atoms with Crippen molar-refractivity contribution in [2.75, 3.05) is 13.7 Å². The molecule has 0 saturated carbocycles. The van der Waals surface area contributed by atoms with Crippen molar-refractivity contribution < 1.29 is 9.53 Å². The molecule has 0 aliphatic carbocycles.